The van der Waals surface area contributed by atoms with Crippen LogP contribution in [-0.4, -0.2) is 9.78 Å². The van der Waals surface area contributed by atoms with Crippen molar-refractivity contribution in [1.82, 2.24) is 9.78 Å². The molecule has 0 bridgehead atoms. The first-order valence-electron chi connectivity index (χ1n) is 5.40. The Kier molecular flexibility index (Phi) is 3.78. The summed E-state index contributed by atoms with van der Waals surface area (Å²) in [6.45, 7) is 3.43. The number of halogens is 2. The molecule has 2 rings (SSSR count). The molecule has 90 valence electrons. The van der Waals surface area contributed by atoms with E-state index in [1.807, 2.05) is 29.9 Å². The van der Waals surface area contributed by atoms with E-state index in [1.165, 1.54) is 6.07 Å². The molecule has 0 atom stereocenters. The largest absolute Gasteiger partial charge is 0.365 e. The van der Waals surface area contributed by atoms with Gasteiger partial charge in [-0.05, 0) is 40.5 Å². The molecule has 1 N–H and O–H groups in total. The molecular formula is C12H13BrFN3. The minimum absolute atomic E-state index is 0.247. The van der Waals surface area contributed by atoms with Crippen LogP contribution in [0.25, 0.3) is 0 Å². The monoisotopic (exact) mass is 297 g/mol. The van der Waals surface area contributed by atoms with Crippen molar-refractivity contribution in [2.75, 3.05) is 5.32 Å². The van der Waals surface area contributed by atoms with Crippen molar-refractivity contribution in [2.45, 2.75) is 20.0 Å². The number of aryl methyl sites for hydroxylation is 1. The molecule has 1 aromatic heterocycles. The van der Waals surface area contributed by atoms with E-state index in [1.54, 1.807) is 6.07 Å². The summed E-state index contributed by atoms with van der Waals surface area (Å²) >= 11 is 3.13. The lowest BCUT2D eigenvalue weighted by atomic mass is 10.2. The van der Waals surface area contributed by atoms with Gasteiger partial charge in [-0.1, -0.05) is 6.07 Å². The average Bonchev–Trinajstić information content (AvgIpc) is 2.79. The van der Waals surface area contributed by atoms with E-state index in [0.717, 1.165) is 17.9 Å². The zero-order valence-corrected chi connectivity index (χ0v) is 11.0. The Morgan fingerprint density at radius 1 is 1.41 bits per heavy atom. The normalized spacial score (nSPS) is 10.5. The summed E-state index contributed by atoms with van der Waals surface area (Å²) < 4.78 is 15.6. The van der Waals surface area contributed by atoms with E-state index in [2.05, 4.69) is 26.3 Å². The van der Waals surface area contributed by atoms with Gasteiger partial charge in [-0.15, -0.1) is 0 Å². The lowest BCUT2D eigenvalue weighted by Gasteiger charge is -2.04. The van der Waals surface area contributed by atoms with Gasteiger partial charge in [0.25, 0.3) is 0 Å². The highest BCUT2D eigenvalue weighted by Gasteiger charge is 2.01. The average molecular weight is 298 g/mol. The van der Waals surface area contributed by atoms with Gasteiger partial charge >= 0.3 is 0 Å². The maximum atomic E-state index is 13.3. The minimum Gasteiger partial charge on any atom is -0.365 e. The molecule has 3 nitrogen and oxygen atoms in total. The summed E-state index contributed by atoms with van der Waals surface area (Å²) in [5, 5.41) is 7.43. The lowest BCUT2D eigenvalue weighted by Crippen LogP contribution is -2.02. The second kappa shape index (κ2) is 5.31. The zero-order valence-electron chi connectivity index (χ0n) is 9.45. The summed E-state index contributed by atoms with van der Waals surface area (Å²) in [5.41, 5.74) is 0.886. The summed E-state index contributed by atoms with van der Waals surface area (Å²) in [4.78, 5) is 0. The third-order valence-corrected chi connectivity index (χ3v) is 3.07. The van der Waals surface area contributed by atoms with Crippen molar-refractivity contribution in [3.8, 4) is 0 Å². The molecule has 0 spiro atoms. The summed E-state index contributed by atoms with van der Waals surface area (Å²) in [6, 6.07) is 6.99. The molecule has 0 saturated heterocycles. The van der Waals surface area contributed by atoms with Gasteiger partial charge in [-0.25, -0.2) is 4.39 Å². The minimum atomic E-state index is -0.247. The van der Waals surface area contributed by atoms with Crippen LogP contribution < -0.4 is 5.32 Å². The summed E-state index contributed by atoms with van der Waals surface area (Å²) in [6.07, 6.45) is 1.91. The number of nitrogens with zero attached hydrogens (tertiary/aromatic N) is 2. The molecule has 0 saturated carbocycles. The number of aromatic nitrogens is 2. The number of rotatable bonds is 4. The number of hydrogen-bond acceptors (Lipinski definition) is 2. The molecule has 0 aliphatic rings. The van der Waals surface area contributed by atoms with Crippen LogP contribution in [-0.2, 0) is 13.1 Å². The zero-order chi connectivity index (χ0) is 12.3. The molecule has 2 aromatic rings. The van der Waals surface area contributed by atoms with Crippen LogP contribution in [0.4, 0.5) is 10.2 Å². The summed E-state index contributed by atoms with van der Waals surface area (Å²) in [7, 11) is 0. The predicted molar refractivity (Wildman–Crippen MR) is 69.3 cm³/mol. The molecule has 1 aromatic carbocycles. The highest BCUT2D eigenvalue weighted by Crippen LogP contribution is 2.17. The molecule has 17 heavy (non-hydrogen) atoms. The van der Waals surface area contributed by atoms with Gasteiger partial charge in [0.1, 0.15) is 11.6 Å². The van der Waals surface area contributed by atoms with Gasteiger partial charge in [0.2, 0.25) is 0 Å². The molecule has 1 heterocycles. The maximum absolute atomic E-state index is 13.3. The van der Waals surface area contributed by atoms with Crippen LogP contribution in [0.2, 0.25) is 0 Å². The molecule has 0 aliphatic heterocycles. The highest BCUT2D eigenvalue weighted by atomic mass is 79.9. The first-order valence-corrected chi connectivity index (χ1v) is 6.19. The van der Waals surface area contributed by atoms with Crippen molar-refractivity contribution >= 4 is 21.7 Å². The van der Waals surface area contributed by atoms with Crippen molar-refractivity contribution in [1.29, 1.82) is 0 Å². The van der Waals surface area contributed by atoms with E-state index in [9.17, 15) is 4.39 Å². The molecule has 0 aliphatic carbocycles. The Labute approximate surface area is 108 Å². The topological polar surface area (TPSA) is 29.9 Å². The van der Waals surface area contributed by atoms with E-state index >= 15 is 0 Å². The third kappa shape index (κ3) is 3.06. The van der Waals surface area contributed by atoms with Crippen LogP contribution in [0.15, 0.2) is 34.9 Å². The maximum Gasteiger partial charge on any atom is 0.148 e. The molecular weight excluding hydrogens is 285 g/mol. The Morgan fingerprint density at radius 2 is 2.24 bits per heavy atom. The predicted octanol–water partition coefficient (Wildman–Crippen LogP) is 3.42. The lowest BCUT2D eigenvalue weighted by molar-refractivity contribution is 0.619. The van der Waals surface area contributed by atoms with Crippen molar-refractivity contribution in [3.05, 3.63) is 46.3 Å². The van der Waals surface area contributed by atoms with Gasteiger partial charge in [0, 0.05) is 25.4 Å². The van der Waals surface area contributed by atoms with Crippen LogP contribution in [0.5, 0.6) is 0 Å². The molecule has 0 fully saturated rings. The Bertz CT molecular complexity index is 510. The van der Waals surface area contributed by atoms with E-state index in [0.29, 0.717) is 11.0 Å². The second-order valence-corrected chi connectivity index (χ2v) is 4.51. The smallest absolute Gasteiger partial charge is 0.148 e. The van der Waals surface area contributed by atoms with Crippen LogP contribution in [0.3, 0.4) is 0 Å². The SMILES string of the molecule is CCn1ccc(NCc2ccc(Br)c(F)c2)n1. The first kappa shape index (κ1) is 12.1. The fourth-order valence-electron chi connectivity index (χ4n) is 1.47. The van der Waals surface area contributed by atoms with E-state index < -0.39 is 0 Å². The van der Waals surface area contributed by atoms with Crippen molar-refractivity contribution in [2.24, 2.45) is 0 Å². The number of nitrogens with one attached hydrogen (secondary N) is 1. The van der Waals surface area contributed by atoms with Gasteiger partial charge < -0.3 is 5.32 Å². The molecule has 0 amide bonds. The highest BCUT2D eigenvalue weighted by molar-refractivity contribution is 9.10. The standard InChI is InChI=1S/C12H13BrFN3/c1-2-17-6-5-12(16-17)15-8-9-3-4-10(13)11(14)7-9/h3-7H,2,8H2,1H3,(H,15,16). The fraction of sp³-hybridized carbons (Fsp3) is 0.250. The van der Waals surface area contributed by atoms with Crippen LogP contribution in [0.1, 0.15) is 12.5 Å². The van der Waals surface area contributed by atoms with Gasteiger partial charge in [0.05, 0.1) is 4.47 Å². The summed E-state index contributed by atoms with van der Waals surface area (Å²) in [5.74, 6) is 0.554. The molecule has 0 radical (unpaired) electrons. The van der Waals surface area contributed by atoms with Gasteiger partial charge in [-0.3, -0.25) is 4.68 Å². The number of anilines is 1. The second-order valence-electron chi connectivity index (χ2n) is 3.66. The first-order chi connectivity index (χ1) is 8.19. The number of hydrogen-bond donors (Lipinski definition) is 1. The Balaban J connectivity index is 1.99. The van der Waals surface area contributed by atoms with Crippen LogP contribution in [0, 0.1) is 5.82 Å². The molecule has 5 heteroatoms. The van der Waals surface area contributed by atoms with Crippen molar-refractivity contribution in [3.63, 3.8) is 0 Å². The van der Waals surface area contributed by atoms with E-state index in [4.69, 9.17) is 0 Å². The fourth-order valence-corrected chi connectivity index (χ4v) is 1.72. The van der Waals surface area contributed by atoms with Gasteiger partial charge in [0.15, 0.2) is 0 Å². The third-order valence-electron chi connectivity index (χ3n) is 2.42. The van der Waals surface area contributed by atoms with E-state index in [-0.39, 0.29) is 5.82 Å². The molecule has 0 unspecified atom stereocenters. The van der Waals surface area contributed by atoms with Crippen molar-refractivity contribution < 1.29 is 4.39 Å². The Morgan fingerprint density at radius 3 is 2.88 bits per heavy atom. The number of benzene rings is 1. The quantitative estimate of drug-likeness (QED) is 0.937. The van der Waals surface area contributed by atoms with Crippen LogP contribution >= 0.6 is 15.9 Å². The Hall–Kier alpha value is -1.36. The van der Waals surface area contributed by atoms with Gasteiger partial charge in [-0.2, -0.15) is 5.10 Å².